The van der Waals surface area contributed by atoms with Crippen molar-refractivity contribution in [2.75, 3.05) is 18.6 Å². The predicted octanol–water partition coefficient (Wildman–Crippen LogP) is 6.87. The maximum atomic E-state index is 6.80. The van der Waals surface area contributed by atoms with Crippen molar-refractivity contribution in [1.82, 2.24) is 0 Å². The molecule has 2 aliphatic carbocycles. The fraction of sp³-hybridized carbons (Fsp3) is 0.0625. The van der Waals surface area contributed by atoms with Crippen molar-refractivity contribution in [3.63, 3.8) is 0 Å². The van der Waals surface area contributed by atoms with Gasteiger partial charge in [0.1, 0.15) is 5.75 Å². The average Bonchev–Trinajstić information content (AvgIpc) is 3.35. The van der Waals surface area contributed by atoms with Crippen molar-refractivity contribution in [2.24, 2.45) is 0 Å². The zero-order chi connectivity index (χ0) is 23.7. The van der Waals surface area contributed by atoms with Gasteiger partial charge in [0.05, 0.1) is 12.5 Å². The summed E-state index contributed by atoms with van der Waals surface area (Å²) in [7, 11) is 1.69. The van der Waals surface area contributed by atoms with Crippen molar-refractivity contribution in [3.8, 4) is 39.1 Å². The van der Waals surface area contributed by atoms with E-state index in [9.17, 15) is 0 Å². The normalized spacial score (nSPS) is 13.7. The maximum Gasteiger partial charge on any atom is 0.118 e. The van der Waals surface area contributed by atoms with Crippen LogP contribution in [0.2, 0.25) is 0 Å². The fourth-order valence-electron chi connectivity index (χ4n) is 6.34. The lowest BCUT2D eigenvalue weighted by Crippen LogP contribution is -2.27. The van der Waals surface area contributed by atoms with E-state index in [2.05, 4.69) is 78.9 Å². The average molecular weight is 453 g/mol. The third-order valence-corrected chi connectivity index (χ3v) is 7.68. The molecule has 0 aliphatic heterocycles. The standard InChI is InChI=1S/C32H24N2O/c1-35-21-13-10-19(11-14-21)30-29(34)17-16-25-24-15-12-20(33)18-28(24)32(31(25)30)26-8-4-2-6-22(26)23-7-3-5-9-27(23)32/h2-18H,33-34H2,1H3. The Morgan fingerprint density at radius 3 is 1.86 bits per heavy atom. The van der Waals surface area contributed by atoms with Gasteiger partial charge in [-0.25, -0.2) is 0 Å². The second-order valence-electron chi connectivity index (χ2n) is 9.33. The van der Waals surface area contributed by atoms with E-state index in [0.29, 0.717) is 0 Å². The summed E-state index contributed by atoms with van der Waals surface area (Å²) in [6.07, 6.45) is 0. The minimum atomic E-state index is -0.502. The highest BCUT2D eigenvalue weighted by molar-refractivity contribution is 6.01. The van der Waals surface area contributed by atoms with Gasteiger partial charge in [-0.3, -0.25) is 0 Å². The van der Waals surface area contributed by atoms with Crippen molar-refractivity contribution in [2.45, 2.75) is 5.41 Å². The zero-order valence-corrected chi connectivity index (χ0v) is 19.4. The van der Waals surface area contributed by atoms with E-state index in [0.717, 1.165) is 28.3 Å². The van der Waals surface area contributed by atoms with E-state index < -0.39 is 5.41 Å². The van der Waals surface area contributed by atoms with E-state index in [-0.39, 0.29) is 0 Å². The Morgan fingerprint density at radius 1 is 0.600 bits per heavy atom. The lowest BCUT2D eigenvalue weighted by molar-refractivity contribution is 0.415. The molecule has 0 bridgehead atoms. The van der Waals surface area contributed by atoms with Crippen molar-refractivity contribution in [1.29, 1.82) is 0 Å². The van der Waals surface area contributed by atoms with Crippen molar-refractivity contribution >= 4 is 11.4 Å². The second kappa shape index (κ2) is 7.00. The number of ether oxygens (including phenoxy) is 1. The fourth-order valence-corrected chi connectivity index (χ4v) is 6.34. The first-order valence-corrected chi connectivity index (χ1v) is 11.8. The Balaban J connectivity index is 1.69. The van der Waals surface area contributed by atoms with Crippen LogP contribution in [0.5, 0.6) is 5.75 Å². The Morgan fingerprint density at radius 2 is 1.20 bits per heavy atom. The Kier molecular flexibility index (Phi) is 3.99. The van der Waals surface area contributed by atoms with Crippen LogP contribution in [0.1, 0.15) is 22.3 Å². The van der Waals surface area contributed by atoms with Crippen LogP contribution in [0, 0.1) is 0 Å². The number of hydrogen-bond acceptors (Lipinski definition) is 3. The number of methoxy groups -OCH3 is 1. The van der Waals surface area contributed by atoms with Gasteiger partial charge in [0.2, 0.25) is 0 Å². The number of rotatable bonds is 2. The first kappa shape index (κ1) is 19.9. The van der Waals surface area contributed by atoms with E-state index in [1.807, 2.05) is 24.3 Å². The molecule has 168 valence electrons. The molecule has 2 aliphatic rings. The lowest BCUT2D eigenvalue weighted by Gasteiger charge is -2.32. The molecule has 5 aromatic rings. The van der Waals surface area contributed by atoms with Gasteiger partial charge in [-0.15, -0.1) is 0 Å². The molecule has 1 spiro atoms. The van der Waals surface area contributed by atoms with Gasteiger partial charge in [-0.05, 0) is 80.4 Å². The Labute approximate surface area is 204 Å². The number of hydrogen-bond donors (Lipinski definition) is 2. The lowest BCUT2D eigenvalue weighted by atomic mass is 9.68. The molecule has 5 aromatic carbocycles. The molecule has 3 nitrogen and oxygen atoms in total. The van der Waals surface area contributed by atoms with E-state index >= 15 is 0 Å². The first-order chi connectivity index (χ1) is 17.1. The third kappa shape index (κ3) is 2.45. The third-order valence-electron chi connectivity index (χ3n) is 7.68. The molecule has 7 rings (SSSR count). The molecular weight excluding hydrogens is 428 g/mol. The summed E-state index contributed by atoms with van der Waals surface area (Å²) in [5, 5.41) is 0. The van der Waals surface area contributed by atoms with E-state index in [1.165, 1.54) is 44.5 Å². The Bertz CT molecular complexity index is 1600. The largest absolute Gasteiger partial charge is 0.497 e. The molecule has 0 aromatic heterocycles. The molecule has 0 radical (unpaired) electrons. The number of anilines is 2. The van der Waals surface area contributed by atoms with Gasteiger partial charge in [0.25, 0.3) is 0 Å². The summed E-state index contributed by atoms with van der Waals surface area (Å²) in [5.41, 5.74) is 26.3. The van der Waals surface area contributed by atoms with E-state index in [1.54, 1.807) is 7.11 Å². The van der Waals surface area contributed by atoms with Gasteiger partial charge in [-0.1, -0.05) is 72.8 Å². The maximum absolute atomic E-state index is 6.80. The Hall–Kier alpha value is -4.50. The van der Waals surface area contributed by atoms with Crippen LogP contribution in [0.15, 0.2) is 103 Å². The molecule has 3 heteroatoms. The van der Waals surface area contributed by atoms with Crippen LogP contribution in [-0.2, 0) is 5.41 Å². The molecule has 0 saturated carbocycles. The zero-order valence-electron chi connectivity index (χ0n) is 19.4. The van der Waals surface area contributed by atoms with Crippen LogP contribution >= 0.6 is 0 Å². The van der Waals surface area contributed by atoms with Crippen molar-refractivity contribution in [3.05, 3.63) is 125 Å². The molecule has 0 fully saturated rings. The summed E-state index contributed by atoms with van der Waals surface area (Å²) in [6.45, 7) is 0. The van der Waals surface area contributed by atoms with Gasteiger partial charge in [0.15, 0.2) is 0 Å². The van der Waals surface area contributed by atoms with Gasteiger partial charge in [0, 0.05) is 16.9 Å². The molecule has 35 heavy (non-hydrogen) atoms. The van der Waals surface area contributed by atoms with Gasteiger partial charge >= 0.3 is 0 Å². The first-order valence-electron chi connectivity index (χ1n) is 11.8. The van der Waals surface area contributed by atoms with Crippen molar-refractivity contribution < 1.29 is 4.74 Å². The van der Waals surface area contributed by atoms with E-state index in [4.69, 9.17) is 16.2 Å². The van der Waals surface area contributed by atoms with Crippen LogP contribution in [0.3, 0.4) is 0 Å². The van der Waals surface area contributed by atoms with Crippen LogP contribution in [0.4, 0.5) is 11.4 Å². The summed E-state index contributed by atoms with van der Waals surface area (Å²) in [5.74, 6) is 0.822. The highest BCUT2D eigenvalue weighted by Crippen LogP contribution is 2.65. The number of benzene rings is 5. The smallest absolute Gasteiger partial charge is 0.118 e. The molecule has 0 heterocycles. The SMILES string of the molecule is COc1ccc(-c2c(N)ccc3c2C2(c4ccccc4-c4ccccc42)c2cc(N)ccc2-3)cc1. The van der Waals surface area contributed by atoms with Crippen LogP contribution in [-0.4, -0.2) is 7.11 Å². The molecular formula is C32H24N2O. The summed E-state index contributed by atoms with van der Waals surface area (Å²) >= 11 is 0. The number of nitrogen functional groups attached to an aromatic ring is 2. The van der Waals surface area contributed by atoms with Gasteiger partial charge in [-0.2, -0.15) is 0 Å². The molecule has 0 saturated heterocycles. The monoisotopic (exact) mass is 452 g/mol. The second-order valence-corrected chi connectivity index (χ2v) is 9.33. The van der Waals surface area contributed by atoms with Crippen LogP contribution < -0.4 is 16.2 Å². The summed E-state index contributed by atoms with van der Waals surface area (Å²) in [4.78, 5) is 0. The summed E-state index contributed by atoms with van der Waals surface area (Å²) in [6, 6.07) is 36.2. The molecule has 0 unspecified atom stereocenters. The highest BCUT2D eigenvalue weighted by Gasteiger charge is 2.53. The minimum absolute atomic E-state index is 0.502. The molecule has 0 atom stereocenters. The quantitative estimate of drug-likeness (QED) is 0.281. The minimum Gasteiger partial charge on any atom is -0.497 e. The summed E-state index contributed by atoms with van der Waals surface area (Å²) < 4.78 is 5.43. The number of nitrogens with two attached hydrogens (primary N) is 2. The topological polar surface area (TPSA) is 61.3 Å². The highest BCUT2D eigenvalue weighted by atomic mass is 16.5. The molecule has 0 amide bonds. The predicted molar refractivity (Wildman–Crippen MR) is 144 cm³/mol. The van der Waals surface area contributed by atoms with Crippen LogP contribution in [0.25, 0.3) is 33.4 Å². The molecule has 4 N–H and O–H groups in total. The number of fused-ring (bicyclic) bond motifs is 10. The van der Waals surface area contributed by atoms with Gasteiger partial charge < -0.3 is 16.2 Å².